The first-order valence-corrected chi connectivity index (χ1v) is 6.92. The highest BCUT2D eigenvalue weighted by Crippen LogP contribution is 2.30. The highest BCUT2D eigenvalue weighted by atomic mass is 32.2. The molecular formula is C13H17FN4S. The summed E-state index contributed by atoms with van der Waals surface area (Å²) in [6.07, 6.45) is 1.63. The quantitative estimate of drug-likeness (QED) is 0.914. The monoisotopic (exact) mass is 280 g/mol. The van der Waals surface area contributed by atoms with Crippen molar-refractivity contribution in [1.82, 2.24) is 20.1 Å². The summed E-state index contributed by atoms with van der Waals surface area (Å²) in [5, 5.41) is 11.8. The highest BCUT2D eigenvalue weighted by Gasteiger charge is 2.12. The Balaban J connectivity index is 2.24. The van der Waals surface area contributed by atoms with Crippen LogP contribution in [0.4, 0.5) is 4.39 Å². The van der Waals surface area contributed by atoms with Crippen LogP contribution in [0.15, 0.2) is 34.6 Å². The Kier molecular flexibility index (Phi) is 4.55. The zero-order valence-corrected chi connectivity index (χ0v) is 12.0. The molecule has 1 N–H and O–H groups in total. The molecule has 0 aliphatic carbocycles. The molecule has 0 saturated carbocycles. The third-order valence-electron chi connectivity index (χ3n) is 2.63. The first-order valence-electron chi connectivity index (χ1n) is 6.10. The van der Waals surface area contributed by atoms with Crippen molar-refractivity contribution in [3.63, 3.8) is 0 Å². The molecule has 0 amide bonds. The van der Waals surface area contributed by atoms with Crippen molar-refractivity contribution in [2.45, 2.75) is 36.5 Å². The Morgan fingerprint density at radius 2 is 2.21 bits per heavy atom. The van der Waals surface area contributed by atoms with E-state index in [4.69, 9.17) is 0 Å². The van der Waals surface area contributed by atoms with Gasteiger partial charge >= 0.3 is 0 Å². The minimum absolute atomic E-state index is 0.194. The van der Waals surface area contributed by atoms with Crippen LogP contribution in [0.2, 0.25) is 0 Å². The summed E-state index contributed by atoms with van der Waals surface area (Å²) < 4.78 is 15.7. The molecule has 6 heteroatoms. The van der Waals surface area contributed by atoms with Crippen LogP contribution in [-0.2, 0) is 13.6 Å². The van der Waals surface area contributed by atoms with Crippen molar-refractivity contribution in [1.29, 1.82) is 0 Å². The van der Waals surface area contributed by atoms with Crippen LogP contribution >= 0.6 is 11.8 Å². The van der Waals surface area contributed by atoms with E-state index in [0.717, 1.165) is 10.1 Å². The maximum absolute atomic E-state index is 13.9. The average molecular weight is 280 g/mol. The second-order valence-corrected chi connectivity index (χ2v) is 5.59. The molecule has 1 heterocycles. The van der Waals surface area contributed by atoms with Gasteiger partial charge in [0.15, 0.2) is 5.16 Å². The van der Waals surface area contributed by atoms with Crippen molar-refractivity contribution in [3.05, 3.63) is 35.9 Å². The predicted molar refractivity (Wildman–Crippen MR) is 73.5 cm³/mol. The van der Waals surface area contributed by atoms with Gasteiger partial charge in [-0.2, -0.15) is 0 Å². The van der Waals surface area contributed by atoms with E-state index in [1.807, 2.05) is 31.5 Å². The van der Waals surface area contributed by atoms with Crippen molar-refractivity contribution < 1.29 is 4.39 Å². The molecule has 4 nitrogen and oxygen atoms in total. The van der Waals surface area contributed by atoms with Gasteiger partial charge in [0.05, 0.1) is 0 Å². The SMILES string of the molecule is CC(C)NCc1c(F)cccc1Sc1nncn1C. The first kappa shape index (κ1) is 14.0. The van der Waals surface area contributed by atoms with Gasteiger partial charge in [0.25, 0.3) is 0 Å². The number of benzene rings is 1. The molecule has 0 bridgehead atoms. The van der Waals surface area contributed by atoms with Gasteiger partial charge in [-0.05, 0) is 23.9 Å². The normalized spacial score (nSPS) is 11.2. The molecule has 19 heavy (non-hydrogen) atoms. The number of halogens is 1. The molecule has 0 spiro atoms. The van der Waals surface area contributed by atoms with Gasteiger partial charge in [-0.25, -0.2) is 4.39 Å². The van der Waals surface area contributed by atoms with E-state index >= 15 is 0 Å². The maximum Gasteiger partial charge on any atom is 0.195 e. The zero-order chi connectivity index (χ0) is 13.8. The van der Waals surface area contributed by atoms with E-state index in [1.165, 1.54) is 17.8 Å². The molecule has 0 unspecified atom stereocenters. The van der Waals surface area contributed by atoms with Gasteiger partial charge in [0.1, 0.15) is 12.1 Å². The molecule has 0 saturated heterocycles. The van der Waals surface area contributed by atoms with Gasteiger partial charge in [-0.15, -0.1) is 10.2 Å². The number of rotatable bonds is 5. The summed E-state index contributed by atoms with van der Waals surface area (Å²) in [4.78, 5) is 0.865. The predicted octanol–water partition coefficient (Wildman–Crippen LogP) is 2.60. The Morgan fingerprint density at radius 1 is 1.42 bits per heavy atom. The van der Waals surface area contributed by atoms with Crippen LogP contribution in [0.1, 0.15) is 19.4 Å². The third kappa shape index (κ3) is 3.54. The topological polar surface area (TPSA) is 42.7 Å². The second-order valence-electron chi connectivity index (χ2n) is 4.58. The van der Waals surface area contributed by atoms with E-state index in [9.17, 15) is 4.39 Å². The molecule has 0 aliphatic heterocycles. The van der Waals surface area contributed by atoms with E-state index < -0.39 is 0 Å². The van der Waals surface area contributed by atoms with Gasteiger partial charge in [-0.1, -0.05) is 19.9 Å². The lowest BCUT2D eigenvalue weighted by atomic mass is 10.2. The Morgan fingerprint density at radius 3 is 2.84 bits per heavy atom. The average Bonchev–Trinajstić information content (AvgIpc) is 2.74. The van der Waals surface area contributed by atoms with Crippen LogP contribution in [0.5, 0.6) is 0 Å². The Bertz CT molecular complexity index is 553. The molecule has 0 atom stereocenters. The van der Waals surface area contributed by atoms with Crippen LogP contribution < -0.4 is 5.32 Å². The summed E-state index contributed by atoms with van der Waals surface area (Å²) in [5.41, 5.74) is 0.671. The largest absolute Gasteiger partial charge is 0.311 e. The van der Waals surface area contributed by atoms with Crippen molar-refractivity contribution in [3.8, 4) is 0 Å². The molecule has 1 aromatic carbocycles. The smallest absolute Gasteiger partial charge is 0.195 e. The van der Waals surface area contributed by atoms with Crippen LogP contribution in [-0.4, -0.2) is 20.8 Å². The fourth-order valence-corrected chi connectivity index (χ4v) is 2.49. The Labute approximate surface area is 116 Å². The second kappa shape index (κ2) is 6.16. The number of hydrogen-bond acceptors (Lipinski definition) is 4. The summed E-state index contributed by atoms with van der Waals surface area (Å²) in [6, 6.07) is 5.41. The zero-order valence-electron chi connectivity index (χ0n) is 11.2. The lowest BCUT2D eigenvalue weighted by Gasteiger charge is -2.12. The van der Waals surface area contributed by atoms with Crippen molar-refractivity contribution in [2.75, 3.05) is 0 Å². The fourth-order valence-electron chi connectivity index (χ4n) is 1.58. The lowest BCUT2D eigenvalue weighted by molar-refractivity contribution is 0.546. The Hall–Kier alpha value is -1.40. The molecule has 2 rings (SSSR count). The summed E-state index contributed by atoms with van der Waals surface area (Å²) in [5.74, 6) is -0.194. The van der Waals surface area contributed by atoms with E-state index in [0.29, 0.717) is 18.2 Å². The molecular weight excluding hydrogens is 263 g/mol. The first-order chi connectivity index (χ1) is 9.08. The highest BCUT2D eigenvalue weighted by molar-refractivity contribution is 7.99. The summed E-state index contributed by atoms with van der Waals surface area (Å²) >= 11 is 1.42. The minimum Gasteiger partial charge on any atom is -0.311 e. The van der Waals surface area contributed by atoms with E-state index in [2.05, 4.69) is 15.5 Å². The van der Waals surface area contributed by atoms with Crippen LogP contribution in [0.25, 0.3) is 0 Å². The molecule has 1 aromatic heterocycles. The minimum atomic E-state index is -0.194. The van der Waals surface area contributed by atoms with E-state index in [1.54, 1.807) is 12.4 Å². The fraction of sp³-hybridized carbons (Fsp3) is 0.385. The van der Waals surface area contributed by atoms with E-state index in [-0.39, 0.29) is 5.82 Å². The number of aryl methyl sites for hydroxylation is 1. The van der Waals surface area contributed by atoms with Gasteiger partial charge in [0, 0.05) is 30.1 Å². The van der Waals surface area contributed by atoms with Crippen molar-refractivity contribution in [2.24, 2.45) is 7.05 Å². The summed E-state index contributed by atoms with van der Waals surface area (Å²) in [7, 11) is 1.87. The number of aromatic nitrogens is 3. The number of nitrogens with one attached hydrogen (secondary N) is 1. The standard InChI is InChI=1S/C13H17FN4S/c1-9(2)15-7-10-11(14)5-4-6-12(10)19-13-17-16-8-18(13)3/h4-6,8-9,15H,7H2,1-3H3. The third-order valence-corrected chi connectivity index (χ3v) is 3.79. The van der Waals surface area contributed by atoms with Crippen molar-refractivity contribution >= 4 is 11.8 Å². The van der Waals surface area contributed by atoms with Gasteiger partial charge in [0.2, 0.25) is 0 Å². The van der Waals surface area contributed by atoms with Crippen LogP contribution in [0, 0.1) is 5.82 Å². The lowest BCUT2D eigenvalue weighted by Crippen LogP contribution is -2.22. The summed E-state index contributed by atoms with van der Waals surface area (Å²) in [6.45, 7) is 4.58. The number of nitrogens with zero attached hydrogens (tertiary/aromatic N) is 3. The molecule has 0 fully saturated rings. The number of hydrogen-bond donors (Lipinski definition) is 1. The molecule has 2 aromatic rings. The molecule has 102 valence electrons. The molecule has 0 radical (unpaired) electrons. The molecule has 0 aliphatic rings. The van der Waals surface area contributed by atoms with Crippen LogP contribution in [0.3, 0.4) is 0 Å². The maximum atomic E-state index is 13.9. The van der Waals surface area contributed by atoms with Gasteiger partial charge in [-0.3, -0.25) is 0 Å². The van der Waals surface area contributed by atoms with Gasteiger partial charge < -0.3 is 9.88 Å².